The minimum atomic E-state index is -0.592. The van der Waals surface area contributed by atoms with Crippen molar-refractivity contribution >= 4 is 11.8 Å². The molecule has 0 unspecified atom stereocenters. The van der Waals surface area contributed by atoms with Crippen LogP contribution in [0.25, 0.3) is 0 Å². The van der Waals surface area contributed by atoms with Crippen molar-refractivity contribution in [3.8, 4) is 0 Å². The van der Waals surface area contributed by atoms with Crippen LogP contribution in [0.15, 0.2) is 36.5 Å². The normalized spacial score (nSPS) is 10.0. The Bertz CT molecular complexity index is 572. The minimum absolute atomic E-state index is 0.00777. The summed E-state index contributed by atoms with van der Waals surface area (Å²) in [4.78, 5) is 19.1. The molecule has 0 aliphatic rings. The van der Waals surface area contributed by atoms with Crippen LogP contribution in [0.3, 0.4) is 0 Å². The summed E-state index contributed by atoms with van der Waals surface area (Å²) in [6.45, 7) is 0.470. The van der Waals surface area contributed by atoms with Gasteiger partial charge in [-0.15, -0.1) is 0 Å². The predicted molar refractivity (Wildman–Crippen MR) is 67.1 cm³/mol. The third kappa shape index (κ3) is 3.48. The van der Waals surface area contributed by atoms with E-state index in [1.807, 2.05) is 0 Å². The number of aromatic nitrogens is 2. The maximum atomic E-state index is 12.7. The molecule has 1 N–H and O–H groups in total. The van der Waals surface area contributed by atoms with Gasteiger partial charge in [-0.05, 0) is 23.8 Å². The number of anilines is 1. The Balaban J connectivity index is 2.03. The summed E-state index contributed by atoms with van der Waals surface area (Å²) in [5.41, 5.74) is 0.902. The monoisotopic (exact) mass is 261 g/mol. The van der Waals surface area contributed by atoms with Crippen LogP contribution in [0.5, 0.6) is 0 Å². The molecule has 6 heteroatoms. The van der Waals surface area contributed by atoms with Crippen LogP contribution in [0.1, 0.15) is 16.2 Å². The van der Waals surface area contributed by atoms with E-state index in [9.17, 15) is 9.18 Å². The molecule has 5 nitrogen and oxygen atoms in total. The van der Waals surface area contributed by atoms with Crippen molar-refractivity contribution in [3.05, 3.63) is 53.7 Å². The summed E-state index contributed by atoms with van der Waals surface area (Å²) in [5.74, 6) is -0.379. The molecule has 0 fully saturated rings. The van der Waals surface area contributed by atoms with E-state index < -0.39 is 5.97 Å². The fourth-order valence-corrected chi connectivity index (χ4v) is 1.44. The molecule has 98 valence electrons. The van der Waals surface area contributed by atoms with Gasteiger partial charge in [0.1, 0.15) is 11.6 Å². The van der Waals surface area contributed by atoms with Crippen molar-refractivity contribution in [2.45, 2.75) is 6.54 Å². The van der Waals surface area contributed by atoms with E-state index in [-0.39, 0.29) is 11.6 Å². The summed E-state index contributed by atoms with van der Waals surface area (Å²) in [6, 6.07) is 7.75. The van der Waals surface area contributed by atoms with E-state index in [2.05, 4.69) is 20.0 Å². The molecule has 1 heterocycles. The molecule has 2 aromatic rings. The van der Waals surface area contributed by atoms with Crippen molar-refractivity contribution < 1.29 is 13.9 Å². The number of carbonyl (C=O) groups excluding carboxylic acids is 1. The third-order valence-electron chi connectivity index (χ3n) is 2.41. The number of methoxy groups -OCH3 is 1. The number of rotatable bonds is 4. The van der Waals surface area contributed by atoms with Gasteiger partial charge in [0.15, 0.2) is 0 Å². The van der Waals surface area contributed by atoms with Gasteiger partial charge in [-0.3, -0.25) is 0 Å². The van der Waals surface area contributed by atoms with Crippen molar-refractivity contribution in [1.29, 1.82) is 0 Å². The van der Waals surface area contributed by atoms with E-state index in [0.717, 1.165) is 5.56 Å². The first-order valence-electron chi connectivity index (χ1n) is 5.58. The fraction of sp³-hybridized carbons (Fsp3) is 0.154. The SMILES string of the molecule is COC(=O)c1nccc(NCc2ccc(F)cc2)n1. The number of nitrogens with zero attached hydrogens (tertiary/aromatic N) is 2. The van der Waals surface area contributed by atoms with Crippen LogP contribution in [-0.4, -0.2) is 23.0 Å². The summed E-state index contributed by atoms with van der Waals surface area (Å²) < 4.78 is 17.3. The van der Waals surface area contributed by atoms with Crippen LogP contribution in [0, 0.1) is 5.82 Å². The van der Waals surface area contributed by atoms with Crippen molar-refractivity contribution in [2.75, 3.05) is 12.4 Å². The molecule has 19 heavy (non-hydrogen) atoms. The van der Waals surface area contributed by atoms with Crippen LogP contribution < -0.4 is 5.32 Å². The van der Waals surface area contributed by atoms with Gasteiger partial charge in [-0.2, -0.15) is 0 Å². The van der Waals surface area contributed by atoms with Crippen LogP contribution in [-0.2, 0) is 11.3 Å². The zero-order valence-corrected chi connectivity index (χ0v) is 10.3. The lowest BCUT2D eigenvalue weighted by Gasteiger charge is -2.06. The van der Waals surface area contributed by atoms with Crippen molar-refractivity contribution in [3.63, 3.8) is 0 Å². The molecular formula is C13H12FN3O2. The molecule has 0 aliphatic carbocycles. The standard InChI is InChI=1S/C13H12FN3O2/c1-19-13(18)12-15-7-6-11(17-12)16-8-9-2-4-10(14)5-3-9/h2-7H,8H2,1H3,(H,15,16,17). The molecule has 0 amide bonds. The number of carbonyl (C=O) groups is 1. The van der Waals surface area contributed by atoms with Crippen LogP contribution in [0.4, 0.5) is 10.2 Å². The fourth-order valence-electron chi connectivity index (χ4n) is 1.44. The zero-order valence-electron chi connectivity index (χ0n) is 10.3. The second-order valence-corrected chi connectivity index (χ2v) is 3.74. The third-order valence-corrected chi connectivity index (χ3v) is 2.41. The number of benzene rings is 1. The maximum absolute atomic E-state index is 12.7. The number of esters is 1. The lowest BCUT2D eigenvalue weighted by molar-refractivity contribution is 0.0587. The highest BCUT2D eigenvalue weighted by atomic mass is 19.1. The highest BCUT2D eigenvalue weighted by Gasteiger charge is 2.09. The van der Waals surface area contributed by atoms with Crippen LogP contribution >= 0.6 is 0 Å². The highest BCUT2D eigenvalue weighted by molar-refractivity contribution is 5.85. The average Bonchev–Trinajstić information content (AvgIpc) is 2.46. The molecule has 2 rings (SSSR count). The van der Waals surface area contributed by atoms with E-state index in [4.69, 9.17) is 0 Å². The first-order chi connectivity index (χ1) is 9.19. The van der Waals surface area contributed by atoms with Crippen molar-refractivity contribution in [1.82, 2.24) is 9.97 Å². The molecule has 1 aromatic heterocycles. The number of hydrogen-bond donors (Lipinski definition) is 1. The van der Waals surface area contributed by atoms with E-state index in [1.54, 1.807) is 18.2 Å². The lowest BCUT2D eigenvalue weighted by atomic mass is 10.2. The summed E-state index contributed by atoms with van der Waals surface area (Å²) in [6.07, 6.45) is 1.46. The minimum Gasteiger partial charge on any atom is -0.463 e. The second kappa shape index (κ2) is 5.90. The molecule has 0 saturated carbocycles. The molecule has 0 spiro atoms. The van der Waals surface area contributed by atoms with E-state index in [0.29, 0.717) is 12.4 Å². The van der Waals surface area contributed by atoms with Crippen LogP contribution in [0.2, 0.25) is 0 Å². The van der Waals surface area contributed by atoms with Gasteiger partial charge in [-0.1, -0.05) is 12.1 Å². The zero-order chi connectivity index (χ0) is 13.7. The largest absolute Gasteiger partial charge is 0.463 e. The molecule has 0 aliphatic heterocycles. The Morgan fingerprint density at radius 2 is 2.05 bits per heavy atom. The Morgan fingerprint density at radius 3 is 2.74 bits per heavy atom. The van der Waals surface area contributed by atoms with Gasteiger partial charge < -0.3 is 10.1 Å². The highest BCUT2D eigenvalue weighted by Crippen LogP contribution is 2.07. The Kier molecular flexibility index (Phi) is 4.02. The molecule has 0 bridgehead atoms. The number of nitrogens with one attached hydrogen (secondary N) is 1. The van der Waals surface area contributed by atoms with Gasteiger partial charge >= 0.3 is 5.97 Å². The maximum Gasteiger partial charge on any atom is 0.376 e. The quantitative estimate of drug-likeness (QED) is 0.853. The second-order valence-electron chi connectivity index (χ2n) is 3.74. The number of ether oxygens (including phenoxy) is 1. The van der Waals surface area contributed by atoms with E-state index in [1.165, 1.54) is 25.4 Å². The first kappa shape index (κ1) is 12.9. The summed E-state index contributed by atoms with van der Waals surface area (Å²) in [5, 5.41) is 3.02. The first-order valence-corrected chi connectivity index (χ1v) is 5.58. The number of halogens is 1. The van der Waals surface area contributed by atoms with E-state index >= 15 is 0 Å². The molecule has 0 atom stereocenters. The van der Waals surface area contributed by atoms with Gasteiger partial charge in [0, 0.05) is 12.7 Å². The molecule has 0 saturated heterocycles. The molecular weight excluding hydrogens is 249 g/mol. The lowest BCUT2D eigenvalue weighted by Crippen LogP contribution is -2.09. The van der Waals surface area contributed by atoms with Gasteiger partial charge in [0.05, 0.1) is 7.11 Å². The molecule has 1 aromatic carbocycles. The Hall–Kier alpha value is -2.50. The number of hydrogen-bond acceptors (Lipinski definition) is 5. The van der Waals surface area contributed by atoms with Crippen molar-refractivity contribution in [2.24, 2.45) is 0 Å². The smallest absolute Gasteiger partial charge is 0.376 e. The average molecular weight is 261 g/mol. The molecule has 0 radical (unpaired) electrons. The predicted octanol–water partition coefficient (Wildman–Crippen LogP) is 2.01. The summed E-state index contributed by atoms with van der Waals surface area (Å²) in [7, 11) is 1.27. The Morgan fingerprint density at radius 1 is 1.32 bits per heavy atom. The summed E-state index contributed by atoms with van der Waals surface area (Å²) >= 11 is 0. The Labute approximate surface area is 109 Å². The van der Waals surface area contributed by atoms with Gasteiger partial charge in [-0.25, -0.2) is 19.2 Å². The van der Waals surface area contributed by atoms with Gasteiger partial charge in [0.2, 0.25) is 5.82 Å². The van der Waals surface area contributed by atoms with Gasteiger partial charge in [0.25, 0.3) is 0 Å². The topological polar surface area (TPSA) is 64.1 Å².